The van der Waals surface area contributed by atoms with E-state index in [-0.39, 0.29) is 10.9 Å². The zero-order valence-electron chi connectivity index (χ0n) is 10.2. The number of alkyl halides is 3. The Morgan fingerprint density at radius 1 is 1.45 bits per heavy atom. The minimum Gasteiger partial charge on any atom is -0.282 e. The molecule has 0 spiro atoms. The lowest BCUT2D eigenvalue weighted by atomic mass is 10.2. The van der Waals surface area contributed by atoms with E-state index in [1.54, 1.807) is 6.07 Å². The summed E-state index contributed by atoms with van der Waals surface area (Å²) in [4.78, 5) is 0. The van der Waals surface area contributed by atoms with Crippen molar-refractivity contribution in [1.29, 1.82) is 5.26 Å². The molecular formula is C11H10BrF3N2O2S. The van der Waals surface area contributed by atoms with Crippen LogP contribution < -0.4 is 4.72 Å². The van der Waals surface area contributed by atoms with Crippen molar-refractivity contribution in [3.05, 3.63) is 28.2 Å². The molecule has 9 heteroatoms. The molecule has 0 saturated carbocycles. The molecule has 110 valence electrons. The molecule has 4 nitrogen and oxygen atoms in total. The monoisotopic (exact) mass is 370 g/mol. The molecule has 1 rings (SSSR count). The van der Waals surface area contributed by atoms with Crippen LogP contribution in [0.1, 0.15) is 18.9 Å². The van der Waals surface area contributed by atoms with Gasteiger partial charge in [0.25, 0.3) is 0 Å². The largest absolute Gasteiger partial charge is 0.418 e. The van der Waals surface area contributed by atoms with E-state index in [0.29, 0.717) is 0 Å². The number of hydrogen-bond donors (Lipinski definition) is 1. The van der Waals surface area contributed by atoms with Crippen LogP contribution in [0.2, 0.25) is 0 Å². The standard InChI is InChI=1S/C11H10BrF3N2O2S/c1-2-8(6-16)20(18,19)17-10-4-3-7(12)5-9(10)11(13,14)15/h3-5,8,17H,2H2,1H3. The Morgan fingerprint density at radius 3 is 2.50 bits per heavy atom. The van der Waals surface area contributed by atoms with Crippen molar-refractivity contribution < 1.29 is 21.6 Å². The lowest BCUT2D eigenvalue weighted by molar-refractivity contribution is -0.136. The molecule has 0 bridgehead atoms. The van der Waals surface area contributed by atoms with E-state index in [1.807, 2.05) is 4.72 Å². The summed E-state index contributed by atoms with van der Waals surface area (Å²) >= 11 is 2.90. The number of hydrogen-bond acceptors (Lipinski definition) is 3. The second kappa shape index (κ2) is 6.01. The van der Waals surface area contributed by atoms with Crippen molar-refractivity contribution in [2.24, 2.45) is 0 Å². The fourth-order valence-corrected chi connectivity index (χ4v) is 3.01. The van der Waals surface area contributed by atoms with Gasteiger partial charge in [-0.05, 0) is 24.6 Å². The molecular weight excluding hydrogens is 361 g/mol. The molecule has 0 heterocycles. The first kappa shape index (κ1) is 16.8. The summed E-state index contributed by atoms with van der Waals surface area (Å²) in [6.07, 6.45) is -4.74. The fraction of sp³-hybridized carbons (Fsp3) is 0.364. The lowest BCUT2D eigenvalue weighted by Gasteiger charge is -2.16. The summed E-state index contributed by atoms with van der Waals surface area (Å²) < 4.78 is 64.2. The van der Waals surface area contributed by atoms with Crippen LogP contribution in [0.25, 0.3) is 0 Å². The maximum absolute atomic E-state index is 12.8. The van der Waals surface area contributed by atoms with E-state index in [1.165, 1.54) is 13.0 Å². The Balaban J connectivity index is 3.27. The van der Waals surface area contributed by atoms with Gasteiger partial charge in [-0.2, -0.15) is 18.4 Å². The minimum atomic E-state index is -4.71. The third-order valence-electron chi connectivity index (χ3n) is 2.43. The Morgan fingerprint density at radius 2 is 2.05 bits per heavy atom. The summed E-state index contributed by atoms with van der Waals surface area (Å²) in [6, 6.07) is 4.58. The number of anilines is 1. The third kappa shape index (κ3) is 3.86. The van der Waals surface area contributed by atoms with Gasteiger partial charge in [-0.25, -0.2) is 8.42 Å². The number of halogens is 4. The molecule has 1 N–H and O–H groups in total. The van der Waals surface area contributed by atoms with E-state index < -0.39 is 32.7 Å². The molecule has 1 atom stereocenters. The predicted octanol–water partition coefficient (Wildman–Crippen LogP) is 3.51. The Hall–Kier alpha value is -1.27. The molecule has 1 aromatic rings. The van der Waals surface area contributed by atoms with Gasteiger partial charge in [0.05, 0.1) is 17.3 Å². The SMILES string of the molecule is CCC(C#N)S(=O)(=O)Nc1ccc(Br)cc1C(F)(F)F. The number of sulfonamides is 1. The molecule has 1 aromatic carbocycles. The van der Waals surface area contributed by atoms with Crippen LogP contribution in [0.15, 0.2) is 22.7 Å². The van der Waals surface area contributed by atoms with Gasteiger partial charge in [-0.3, -0.25) is 4.72 Å². The highest BCUT2D eigenvalue weighted by Crippen LogP contribution is 2.37. The molecule has 0 aliphatic rings. The molecule has 0 aliphatic heterocycles. The fourth-order valence-electron chi connectivity index (χ4n) is 1.44. The average molecular weight is 371 g/mol. The zero-order chi connectivity index (χ0) is 15.6. The van der Waals surface area contributed by atoms with Crippen molar-refractivity contribution in [1.82, 2.24) is 0 Å². The summed E-state index contributed by atoms with van der Waals surface area (Å²) in [5, 5.41) is 7.30. The molecule has 0 aliphatic carbocycles. The normalized spacial score (nSPS) is 13.6. The van der Waals surface area contributed by atoms with Crippen LogP contribution in [0.4, 0.5) is 18.9 Å². The molecule has 0 radical (unpaired) electrons. The number of benzene rings is 1. The van der Waals surface area contributed by atoms with Gasteiger partial charge in [0.2, 0.25) is 10.0 Å². The minimum absolute atomic E-state index is 0.0241. The van der Waals surface area contributed by atoms with Crippen molar-refractivity contribution in [2.45, 2.75) is 24.8 Å². The molecule has 0 aromatic heterocycles. The second-order valence-electron chi connectivity index (χ2n) is 3.86. The van der Waals surface area contributed by atoms with Crippen molar-refractivity contribution in [3.63, 3.8) is 0 Å². The van der Waals surface area contributed by atoms with Gasteiger partial charge in [0, 0.05) is 4.47 Å². The third-order valence-corrected chi connectivity index (χ3v) is 4.61. The maximum Gasteiger partial charge on any atom is 0.418 e. The van der Waals surface area contributed by atoms with Gasteiger partial charge >= 0.3 is 6.18 Å². The van der Waals surface area contributed by atoms with E-state index in [9.17, 15) is 21.6 Å². The Bertz CT molecular complexity index is 638. The predicted molar refractivity (Wildman–Crippen MR) is 71.4 cm³/mol. The van der Waals surface area contributed by atoms with Gasteiger partial charge < -0.3 is 0 Å². The van der Waals surface area contributed by atoms with Crippen LogP contribution in [0.3, 0.4) is 0 Å². The topological polar surface area (TPSA) is 70.0 Å². The molecule has 0 fully saturated rings. The van der Waals surface area contributed by atoms with Crippen molar-refractivity contribution >= 4 is 31.6 Å². The quantitative estimate of drug-likeness (QED) is 0.881. The van der Waals surface area contributed by atoms with Crippen molar-refractivity contribution in [3.8, 4) is 6.07 Å². The van der Waals surface area contributed by atoms with Crippen LogP contribution in [-0.4, -0.2) is 13.7 Å². The first-order chi connectivity index (χ1) is 9.11. The molecule has 1 unspecified atom stereocenters. The van der Waals surface area contributed by atoms with E-state index in [0.717, 1.165) is 12.1 Å². The summed E-state index contributed by atoms with van der Waals surface area (Å²) in [5.41, 5.74) is -1.72. The summed E-state index contributed by atoms with van der Waals surface area (Å²) in [6.45, 7) is 1.46. The van der Waals surface area contributed by atoms with Gasteiger partial charge in [0.15, 0.2) is 5.25 Å². The molecule has 0 saturated heterocycles. The number of nitrogens with one attached hydrogen (secondary N) is 1. The van der Waals surface area contributed by atoms with E-state index >= 15 is 0 Å². The van der Waals surface area contributed by atoms with Crippen LogP contribution in [-0.2, 0) is 16.2 Å². The summed E-state index contributed by atoms with van der Waals surface area (Å²) in [7, 11) is -4.20. The number of nitrogens with zero attached hydrogens (tertiary/aromatic N) is 1. The highest BCUT2D eigenvalue weighted by Gasteiger charge is 2.35. The number of nitriles is 1. The first-order valence-corrected chi connectivity index (χ1v) is 7.73. The smallest absolute Gasteiger partial charge is 0.282 e. The second-order valence-corrected chi connectivity index (χ2v) is 6.64. The molecule has 20 heavy (non-hydrogen) atoms. The van der Waals surface area contributed by atoms with Gasteiger partial charge in [-0.1, -0.05) is 22.9 Å². The number of rotatable bonds is 4. The highest BCUT2D eigenvalue weighted by molar-refractivity contribution is 9.10. The first-order valence-electron chi connectivity index (χ1n) is 5.39. The lowest BCUT2D eigenvalue weighted by Crippen LogP contribution is -2.27. The molecule has 0 amide bonds. The highest BCUT2D eigenvalue weighted by atomic mass is 79.9. The Kier molecular flexibility index (Phi) is 5.05. The van der Waals surface area contributed by atoms with Crippen LogP contribution in [0.5, 0.6) is 0 Å². The van der Waals surface area contributed by atoms with Crippen LogP contribution >= 0.6 is 15.9 Å². The van der Waals surface area contributed by atoms with Crippen molar-refractivity contribution in [2.75, 3.05) is 4.72 Å². The maximum atomic E-state index is 12.8. The van der Waals surface area contributed by atoms with E-state index in [4.69, 9.17) is 5.26 Å². The zero-order valence-corrected chi connectivity index (χ0v) is 12.6. The Labute approximate surface area is 122 Å². The average Bonchev–Trinajstić information content (AvgIpc) is 2.31. The van der Waals surface area contributed by atoms with Gasteiger partial charge in [0.1, 0.15) is 0 Å². The van der Waals surface area contributed by atoms with Gasteiger partial charge in [-0.15, -0.1) is 0 Å². The summed E-state index contributed by atoms with van der Waals surface area (Å²) in [5.74, 6) is 0. The van der Waals surface area contributed by atoms with Crippen LogP contribution in [0, 0.1) is 11.3 Å². The van der Waals surface area contributed by atoms with E-state index in [2.05, 4.69) is 15.9 Å².